The van der Waals surface area contributed by atoms with E-state index in [9.17, 15) is 0 Å². The van der Waals surface area contributed by atoms with Gasteiger partial charge in [-0.3, -0.25) is 4.98 Å². The summed E-state index contributed by atoms with van der Waals surface area (Å²) in [5.74, 6) is 0. The van der Waals surface area contributed by atoms with E-state index in [1.165, 1.54) is 41.5 Å². The Kier molecular flexibility index (Phi) is 4.91. The van der Waals surface area contributed by atoms with Crippen LogP contribution in [0.25, 0.3) is 11.6 Å². The Morgan fingerprint density at radius 1 is 1.00 bits per heavy atom. The molecule has 0 atom stereocenters. The molecule has 0 bridgehead atoms. The van der Waals surface area contributed by atoms with Crippen molar-refractivity contribution in [3.05, 3.63) is 65.5 Å². The van der Waals surface area contributed by atoms with Crippen molar-refractivity contribution in [3.8, 4) is 0 Å². The van der Waals surface area contributed by atoms with Crippen molar-refractivity contribution >= 4 is 11.6 Å². The third-order valence-corrected chi connectivity index (χ3v) is 3.28. The van der Waals surface area contributed by atoms with E-state index >= 15 is 0 Å². The van der Waals surface area contributed by atoms with Gasteiger partial charge in [-0.25, -0.2) is 0 Å². The summed E-state index contributed by atoms with van der Waals surface area (Å²) >= 11 is 0. The lowest BCUT2D eigenvalue weighted by Crippen LogP contribution is -2.01. The van der Waals surface area contributed by atoms with Crippen LogP contribution < -0.4 is 0 Å². The number of allylic oxidation sites excluding steroid dienone is 1. The summed E-state index contributed by atoms with van der Waals surface area (Å²) in [6.07, 6.45) is 9.64. The lowest BCUT2D eigenvalue weighted by atomic mass is 9.86. The third-order valence-electron chi connectivity index (χ3n) is 3.28. The van der Waals surface area contributed by atoms with Gasteiger partial charge in [-0.2, -0.15) is 0 Å². The molecule has 0 amide bonds. The molecular formula is C18H21N. The van der Waals surface area contributed by atoms with E-state index in [0.29, 0.717) is 0 Å². The predicted octanol–water partition coefficient (Wildman–Crippen LogP) is 4.98. The SMILES string of the molecule is C(=C1CCCc2ccccc21)c1cccnc1.CC. The average Bonchev–Trinajstić information content (AvgIpc) is 2.51. The fraction of sp³-hybridized carbons (Fsp3) is 0.278. The first-order valence-corrected chi connectivity index (χ1v) is 7.12. The molecule has 0 unspecified atom stereocenters. The fourth-order valence-corrected chi connectivity index (χ4v) is 2.47. The topological polar surface area (TPSA) is 12.9 Å². The van der Waals surface area contributed by atoms with Crippen LogP contribution in [0.2, 0.25) is 0 Å². The van der Waals surface area contributed by atoms with E-state index in [1.54, 1.807) is 0 Å². The molecule has 0 N–H and O–H groups in total. The van der Waals surface area contributed by atoms with Gasteiger partial charge >= 0.3 is 0 Å². The van der Waals surface area contributed by atoms with Gasteiger partial charge in [-0.05, 0) is 53.7 Å². The number of benzene rings is 1. The average molecular weight is 251 g/mol. The van der Waals surface area contributed by atoms with Crippen LogP contribution in [0, 0.1) is 0 Å². The molecule has 98 valence electrons. The normalized spacial score (nSPS) is 15.4. The van der Waals surface area contributed by atoms with Gasteiger partial charge in [-0.1, -0.05) is 44.2 Å². The Hall–Kier alpha value is -1.89. The molecule has 1 heteroatoms. The molecule has 1 aliphatic carbocycles. The highest BCUT2D eigenvalue weighted by atomic mass is 14.6. The number of aryl methyl sites for hydroxylation is 1. The van der Waals surface area contributed by atoms with Crippen LogP contribution in [0.4, 0.5) is 0 Å². The van der Waals surface area contributed by atoms with Crippen molar-refractivity contribution in [2.24, 2.45) is 0 Å². The molecular weight excluding hydrogens is 230 g/mol. The third kappa shape index (κ3) is 3.31. The highest BCUT2D eigenvalue weighted by Gasteiger charge is 2.12. The number of fused-ring (bicyclic) bond motifs is 1. The lowest BCUT2D eigenvalue weighted by Gasteiger charge is -2.18. The summed E-state index contributed by atoms with van der Waals surface area (Å²) < 4.78 is 0. The Morgan fingerprint density at radius 2 is 1.84 bits per heavy atom. The van der Waals surface area contributed by atoms with Crippen LogP contribution >= 0.6 is 0 Å². The van der Waals surface area contributed by atoms with Gasteiger partial charge in [0.2, 0.25) is 0 Å². The van der Waals surface area contributed by atoms with Crippen molar-refractivity contribution in [1.29, 1.82) is 0 Å². The zero-order valence-electron chi connectivity index (χ0n) is 11.8. The number of pyridine rings is 1. The van der Waals surface area contributed by atoms with Crippen LogP contribution in [-0.2, 0) is 6.42 Å². The van der Waals surface area contributed by atoms with Gasteiger partial charge in [0.15, 0.2) is 0 Å². The molecule has 0 radical (unpaired) electrons. The van der Waals surface area contributed by atoms with Crippen molar-refractivity contribution in [2.75, 3.05) is 0 Å². The smallest absolute Gasteiger partial charge is 0.0340 e. The monoisotopic (exact) mass is 251 g/mol. The number of hydrogen-bond acceptors (Lipinski definition) is 1. The number of aromatic nitrogens is 1. The van der Waals surface area contributed by atoms with E-state index in [2.05, 4.69) is 41.4 Å². The quantitative estimate of drug-likeness (QED) is 0.696. The van der Waals surface area contributed by atoms with Crippen LogP contribution in [-0.4, -0.2) is 4.98 Å². The van der Waals surface area contributed by atoms with Crippen molar-refractivity contribution < 1.29 is 0 Å². The molecule has 1 aromatic carbocycles. The second kappa shape index (κ2) is 6.89. The van der Waals surface area contributed by atoms with Gasteiger partial charge in [0.25, 0.3) is 0 Å². The van der Waals surface area contributed by atoms with E-state index in [-0.39, 0.29) is 0 Å². The summed E-state index contributed by atoms with van der Waals surface area (Å²) in [5, 5.41) is 0. The number of rotatable bonds is 1. The van der Waals surface area contributed by atoms with Gasteiger partial charge in [0, 0.05) is 12.4 Å². The molecule has 0 fully saturated rings. The lowest BCUT2D eigenvalue weighted by molar-refractivity contribution is 0.824. The Balaban J connectivity index is 0.000000637. The number of nitrogens with zero attached hydrogens (tertiary/aromatic N) is 1. The van der Waals surface area contributed by atoms with Gasteiger partial charge in [-0.15, -0.1) is 0 Å². The molecule has 1 nitrogen and oxygen atoms in total. The molecule has 0 saturated heterocycles. The summed E-state index contributed by atoms with van der Waals surface area (Å²) in [5.41, 5.74) is 5.54. The van der Waals surface area contributed by atoms with Crippen molar-refractivity contribution in [1.82, 2.24) is 4.98 Å². The predicted molar refractivity (Wildman–Crippen MR) is 82.8 cm³/mol. The van der Waals surface area contributed by atoms with Gasteiger partial charge < -0.3 is 0 Å². The summed E-state index contributed by atoms with van der Waals surface area (Å²) in [4.78, 5) is 4.16. The van der Waals surface area contributed by atoms with E-state index in [4.69, 9.17) is 0 Å². The first kappa shape index (κ1) is 13.5. The Labute approximate surface area is 116 Å². The molecule has 0 spiro atoms. The molecule has 1 heterocycles. The molecule has 2 aromatic rings. The largest absolute Gasteiger partial charge is 0.264 e. The molecule has 1 aliphatic rings. The number of hydrogen-bond donors (Lipinski definition) is 0. The van der Waals surface area contributed by atoms with Crippen LogP contribution in [0.15, 0.2) is 48.8 Å². The van der Waals surface area contributed by atoms with Crippen LogP contribution in [0.1, 0.15) is 43.4 Å². The fourth-order valence-electron chi connectivity index (χ4n) is 2.47. The summed E-state index contributed by atoms with van der Waals surface area (Å²) in [7, 11) is 0. The first-order chi connectivity index (χ1) is 9.43. The van der Waals surface area contributed by atoms with Crippen molar-refractivity contribution in [2.45, 2.75) is 33.1 Å². The van der Waals surface area contributed by atoms with E-state index in [0.717, 1.165) is 0 Å². The summed E-state index contributed by atoms with van der Waals surface area (Å²) in [6, 6.07) is 12.8. The zero-order chi connectivity index (χ0) is 13.5. The minimum absolute atomic E-state index is 1.17. The van der Waals surface area contributed by atoms with Crippen LogP contribution in [0.3, 0.4) is 0 Å². The molecule has 1 aromatic heterocycles. The van der Waals surface area contributed by atoms with Gasteiger partial charge in [0.05, 0.1) is 0 Å². The maximum Gasteiger partial charge on any atom is 0.0340 e. The maximum absolute atomic E-state index is 4.16. The van der Waals surface area contributed by atoms with Crippen molar-refractivity contribution in [3.63, 3.8) is 0 Å². The van der Waals surface area contributed by atoms with E-state index in [1.807, 2.05) is 32.3 Å². The molecule has 0 saturated carbocycles. The maximum atomic E-state index is 4.16. The second-order valence-electron chi connectivity index (χ2n) is 4.47. The first-order valence-electron chi connectivity index (χ1n) is 7.12. The van der Waals surface area contributed by atoms with E-state index < -0.39 is 0 Å². The Bertz CT molecular complexity index is 541. The second-order valence-corrected chi connectivity index (χ2v) is 4.47. The minimum atomic E-state index is 1.17. The summed E-state index contributed by atoms with van der Waals surface area (Å²) in [6.45, 7) is 4.00. The molecule has 19 heavy (non-hydrogen) atoms. The minimum Gasteiger partial charge on any atom is -0.264 e. The van der Waals surface area contributed by atoms with Gasteiger partial charge in [0.1, 0.15) is 0 Å². The highest BCUT2D eigenvalue weighted by Crippen LogP contribution is 2.31. The molecule has 0 aliphatic heterocycles. The molecule has 3 rings (SSSR count). The highest BCUT2D eigenvalue weighted by molar-refractivity contribution is 5.83. The Morgan fingerprint density at radius 3 is 2.63 bits per heavy atom. The zero-order valence-corrected chi connectivity index (χ0v) is 11.8. The standard InChI is InChI=1S/C16H15N.C2H6/c1-2-9-16-14(6-1)7-3-8-15(16)11-13-5-4-10-17-12-13;1-2/h1-2,4-6,9-12H,3,7-8H2;1-2H3. The van der Waals surface area contributed by atoms with Crippen LogP contribution in [0.5, 0.6) is 0 Å².